The van der Waals surface area contributed by atoms with Crippen LogP contribution in [0.3, 0.4) is 0 Å². The van der Waals surface area contributed by atoms with Crippen LogP contribution in [0.1, 0.15) is 93.4 Å². The molecule has 31 heavy (non-hydrogen) atoms. The SMILES string of the molecule is CC(CC1CCCCN1C(=O)OC(C)(C)C)NCCC1CCCN1C(=O)OC(C)(C)C. The van der Waals surface area contributed by atoms with E-state index in [1.165, 1.54) is 0 Å². The first-order chi connectivity index (χ1) is 14.4. The van der Waals surface area contributed by atoms with Crippen molar-refractivity contribution in [1.82, 2.24) is 15.1 Å². The molecule has 2 heterocycles. The summed E-state index contributed by atoms with van der Waals surface area (Å²) in [5.41, 5.74) is -0.929. The second kappa shape index (κ2) is 10.9. The van der Waals surface area contributed by atoms with Gasteiger partial charge in [0.15, 0.2) is 0 Å². The molecule has 2 aliphatic rings. The third-order valence-corrected chi connectivity index (χ3v) is 5.86. The molecule has 0 aliphatic carbocycles. The predicted molar refractivity (Wildman–Crippen MR) is 123 cm³/mol. The minimum Gasteiger partial charge on any atom is -0.444 e. The van der Waals surface area contributed by atoms with Crippen LogP contribution < -0.4 is 5.32 Å². The summed E-state index contributed by atoms with van der Waals surface area (Å²) in [6, 6.07) is 0.753. The number of nitrogens with one attached hydrogen (secondary N) is 1. The summed E-state index contributed by atoms with van der Waals surface area (Å²) in [4.78, 5) is 28.9. The van der Waals surface area contributed by atoms with Gasteiger partial charge in [0.1, 0.15) is 11.2 Å². The summed E-state index contributed by atoms with van der Waals surface area (Å²) in [6.07, 6.45) is 6.74. The zero-order chi connectivity index (χ0) is 23.2. The molecule has 2 fully saturated rings. The molecule has 0 spiro atoms. The Morgan fingerprint density at radius 1 is 0.871 bits per heavy atom. The lowest BCUT2D eigenvalue weighted by atomic mass is 9.96. The van der Waals surface area contributed by atoms with Crippen molar-refractivity contribution < 1.29 is 19.1 Å². The number of likely N-dealkylation sites (tertiary alicyclic amines) is 2. The molecule has 2 rings (SSSR count). The van der Waals surface area contributed by atoms with Crippen LogP contribution >= 0.6 is 0 Å². The fourth-order valence-corrected chi connectivity index (χ4v) is 4.49. The van der Waals surface area contributed by atoms with Crippen molar-refractivity contribution in [2.75, 3.05) is 19.6 Å². The molecule has 2 aliphatic heterocycles. The van der Waals surface area contributed by atoms with E-state index in [4.69, 9.17) is 9.47 Å². The first-order valence-corrected chi connectivity index (χ1v) is 12.1. The van der Waals surface area contributed by atoms with Crippen molar-refractivity contribution in [3.8, 4) is 0 Å². The third kappa shape index (κ3) is 8.87. The Hall–Kier alpha value is -1.50. The fourth-order valence-electron chi connectivity index (χ4n) is 4.49. The highest BCUT2D eigenvalue weighted by Crippen LogP contribution is 2.25. The third-order valence-electron chi connectivity index (χ3n) is 5.86. The normalized spacial score (nSPS) is 23.6. The van der Waals surface area contributed by atoms with Gasteiger partial charge in [-0.1, -0.05) is 0 Å². The van der Waals surface area contributed by atoms with E-state index in [1.54, 1.807) is 0 Å². The standard InChI is InChI=1S/C24H45N3O4/c1-18(17-20-11-8-9-15-27(20)22(29)31-24(5,6)7)25-14-13-19-12-10-16-26(19)21(28)30-23(2,3)4/h18-20,25H,8-17H2,1-7H3. The van der Waals surface area contributed by atoms with E-state index < -0.39 is 11.2 Å². The molecule has 3 unspecified atom stereocenters. The van der Waals surface area contributed by atoms with Crippen LogP contribution in [0, 0.1) is 0 Å². The Balaban J connectivity index is 1.79. The highest BCUT2D eigenvalue weighted by molar-refractivity contribution is 5.69. The van der Waals surface area contributed by atoms with Gasteiger partial charge in [0.2, 0.25) is 0 Å². The van der Waals surface area contributed by atoms with Gasteiger partial charge in [-0.2, -0.15) is 0 Å². The number of nitrogens with zero attached hydrogens (tertiary/aromatic N) is 2. The minimum absolute atomic E-state index is 0.191. The molecule has 0 bridgehead atoms. The summed E-state index contributed by atoms with van der Waals surface area (Å²) in [5.74, 6) is 0. The lowest BCUT2D eigenvalue weighted by molar-refractivity contribution is 0.00790. The largest absolute Gasteiger partial charge is 0.444 e. The Morgan fingerprint density at radius 3 is 1.97 bits per heavy atom. The molecule has 1 N–H and O–H groups in total. The number of ether oxygens (including phenoxy) is 2. The van der Waals surface area contributed by atoms with E-state index in [2.05, 4.69) is 12.2 Å². The molecule has 2 saturated heterocycles. The molecule has 7 nitrogen and oxygen atoms in total. The number of carbonyl (C=O) groups is 2. The van der Waals surface area contributed by atoms with Gasteiger partial charge in [-0.05, 0) is 100.0 Å². The molecular formula is C24H45N3O4. The number of carbonyl (C=O) groups excluding carboxylic acids is 2. The van der Waals surface area contributed by atoms with Crippen LogP contribution in [0.2, 0.25) is 0 Å². The average Bonchev–Trinajstić information content (AvgIpc) is 3.08. The first-order valence-electron chi connectivity index (χ1n) is 12.1. The predicted octanol–water partition coefficient (Wildman–Crippen LogP) is 4.93. The minimum atomic E-state index is -0.468. The zero-order valence-corrected chi connectivity index (χ0v) is 20.8. The smallest absolute Gasteiger partial charge is 0.410 e. The van der Waals surface area contributed by atoms with E-state index in [0.29, 0.717) is 6.04 Å². The quantitative estimate of drug-likeness (QED) is 0.635. The van der Waals surface area contributed by atoms with Gasteiger partial charge in [0, 0.05) is 31.2 Å². The van der Waals surface area contributed by atoms with E-state index in [9.17, 15) is 9.59 Å². The molecule has 7 heteroatoms. The fraction of sp³-hybridized carbons (Fsp3) is 0.917. The van der Waals surface area contributed by atoms with Crippen LogP contribution in [0.4, 0.5) is 9.59 Å². The molecule has 3 atom stereocenters. The second-order valence-corrected chi connectivity index (χ2v) is 11.2. The summed E-state index contributed by atoms with van der Waals surface area (Å²) >= 11 is 0. The van der Waals surface area contributed by atoms with Crippen molar-refractivity contribution >= 4 is 12.2 Å². The Kier molecular flexibility index (Phi) is 9.04. The molecule has 0 radical (unpaired) electrons. The van der Waals surface area contributed by atoms with Gasteiger partial charge in [-0.25, -0.2) is 9.59 Å². The van der Waals surface area contributed by atoms with Crippen molar-refractivity contribution in [3.63, 3.8) is 0 Å². The monoisotopic (exact) mass is 439 g/mol. The van der Waals surface area contributed by atoms with Gasteiger partial charge in [0.25, 0.3) is 0 Å². The molecule has 0 aromatic rings. The highest BCUT2D eigenvalue weighted by Gasteiger charge is 2.33. The van der Waals surface area contributed by atoms with Crippen molar-refractivity contribution in [1.29, 1.82) is 0 Å². The van der Waals surface area contributed by atoms with Crippen LogP contribution in [0.15, 0.2) is 0 Å². The van der Waals surface area contributed by atoms with Crippen LogP contribution in [-0.4, -0.2) is 70.9 Å². The molecule has 0 saturated carbocycles. The summed E-state index contributed by atoms with van der Waals surface area (Å²) in [6.45, 7) is 16.1. The second-order valence-electron chi connectivity index (χ2n) is 11.2. The van der Waals surface area contributed by atoms with Gasteiger partial charge in [-0.3, -0.25) is 0 Å². The van der Waals surface area contributed by atoms with Crippen LogP contribution in [-0.2, 0) is 9.47 Å². The van der Waals surface area contributed by atoms with E-state index >= 15 is 0 Å². The van der Waals surface area contributed by atoms with Gasteiger partial charge >= 0.3 is 12.2 Å². The number of hydrogen-bond donors (Lipinski definition) is 1. The molecule has 0 aromatic heterocycles. The highest BCUT2D eigenvalue weighted by atomic mass is 16.6. The first kappa shape index (κ1) is 25.8. The van der Waals surface area contributed by atoms with Gasteiger partial charge in [0.05, 0.1) is 0 Å². The zero-order valence-electron chi connectivity index (χ0n) is 20.8. The van der Waals surface area contributed by atoms with E-state index in [1.807, 2.05) is 51.3 Å². The van der Waals surface area contributed by atoms with Crippen molar-refractivity contribution in [3.05, 3.63) is 0 Å². The summed E-state index contributed by atoms with van der Waals surface area (Å²) in [7, 11) is 0. The average molecular weight is 440 g/mol. The Morgan fingerprint density at radius 2 is 1.39 bits per heavy atom. The van der Waals surface area contributed by atoms with E-state index in [0.717, 1.165) is 64.6 Å². The summed E-state index contributed by atoms with van der Waals surface area (Å²) < 4.78 is 11.2. The Bertz CT molecular complexity index is 597. The topological polar surface area (TPSA) is 71.1 Å². The van der Waals surface area contributed by atoms with E-state index in [-0.39, 0.29) is 24.3 Å². The lowest BCUT2D eigenvalue weighted by Crippen LogP contribution is -2.48. The maximum atomic E-state index is 12.6. The van der Waals surface area contributed by atoms with Gasteiger partial charge in [-0.15, -0.1) is 0 Å². The maximum Gasteiger partial charge on any atom is 0.410 e. The number of rotatable bonds is 6. The number of piperidine rings is 1. The number of amides is 2. The van der Waals surface area contributed by atoms with Crippen molar-refractivity contribution in [2.45, 2.75) is 123 Å². The molecular weight excluding hydrogens is 394 g/mol. The molecule has 180 valence electrons. The van der Waals surface area contributed by atoms with Crippen LogP contribution in [0.25, 0.3) is 0 Å². The number of hydrogen-bond acceptors (Lipinski definition) is 5. The Labute approximate surface area is 189 Å². The van der Waals surface area contributed by atoms with Crippen molar-refractivity contribution in [2.24, 2.45) is 0 Å². The van der Waals surface area contributed by atoms with Crippen LogP contribution in [0.5, 0.6) is 0 Å². The molecule has 0 aromatic carbocycles. The lowest BCUT2D eigenvalue weighted by Gasteiger charge is -2.38. The molecule has 2 amide bonds. The summed E-state index contributed by atoms with van der Waals surface area (Å²) in [5, 5.41) is 3.61. The van der Waals surface area contributed by atoms with Gasteiger partial charge < -0.3 is 24.6 Å². The maximum absolute atomic E-state index is 12.6.